The molecule has 2 heterocycles. The zero-order valence-electron chi connectivity index (χ0n) is 15.1. The number of hydrogen-bond donors (Lipinski definition) is 2. The number of H-pyrrole nitrogens is 1. The lowest BCUT2D eigenvalue weighted by atomic mass is 10.1. The minimum atomic E-state index is -0.185. The Morgan fingerprint density at radius 3 is 2.46 bits per heavy atom. The van der Waals surface area contributed by atoms with E-state index in [0.717, 1.165) is 33.2 Å². The van der Waals surface area contributed by atoms with Crippen LogP contribution in [-0.2, 0) is 0 Å². The van der Waals surface area contributed by atoms with Gasteiger partial charge in [-0.3, -0.25) is 4.79 Å². The molecular formula is C22H16N4O2. The van der Waals surface area contributed by atoms with E-state index in [4.69, 9.17) is 9.72 Å². The molecule has 0 aliphatic rings. The van der Waals surface area contributed by atoms with Gasteiger partial charge in [0, 0.05) is 22.2 Å². The maximum atomic E-state index is 12.7. The number of ether oxygens (including phenoxy) is 1. The summed E-state index contributed by atoms with van der Waals surface area (Å²) in [5.41, 5.74) is 5.28. The molecule has 6 heteroatoms. The van der Waals surface area contributed by atoms with Gasteiger partial charge < -0.3 is 15.0 Å². The lowest BCUT2D eigenvalue weighted by Crippen LogP contribution is -2.11. The Morgan fingerprint density at radius 1 is 0.964 bits per heavy atom. The highest BCUT2D eigenvalue weighted by Gasteiger charge is 2.12. The van der Waals surface area contributed by atoms with Crippen LogP contribution in [0.15, 0.2) is 66.7 Å². The number of methoxy groups -OCH3 is 1. The zero-order valence-corrected chi connectivity index (χ0v) is 15.1. The first-order valence-electron chi connectivity index (χ1n) is 8.85. The molecule has 0 aliphatic heterocycles. The van der Waals surface area contributed by atoms with Crippen LogP contribution >= 0.6 is 0 Å². The van der Waals surface area contributed by atoms with E-state index in [2.05, 4.69) is 15.3 Å². The third-order valence-corrected chi connectivity index (χ3v) is 4.71. The van der Waals surface area contributed by atoms with Crippen LogP contribution in [-0.4, -0.2) is 28.0 Å². The van der Waals surface area contributed by atoms with Crippen LogP contribution in [0.1, 0.15) is 10.4 Å². The van der Waals surface area contributed by atoms with Gasteiger partial charge in [0.2, 0.25) is 0 Å². The maximum absolute atomic E-state index is 12.7. The molecule has 0 aliphatic carbocycles. The van der Waals surface area contributed by atoms with Gasteiger partial charge in [-0.1, -0.05) is 12.1 Å². The van der Waals surface area contributed by atoms with Crippen molar-refractivity contribution in [2.24, 2.45) is 0 Å². The highest BCUT2D eigenvalue weighted by atomic mass is 16.5. The van der Waals surface area contributed by atoms with Crippen molar-refractivity contribution in [1.82, 2.24) is 15.0 Å². The lowest BCUT2D eigenvalue weighted by molar-refractivity contribution is 0.102. The minimum absolute atomic E-state index is 0.185. The third-order valence-electron chi connectivity index (χ3n) is 4.71. The highest BCUT2D eigenvalue weighted by molar-refractivity contribution is 6.11. The number of nitrogens with zero attached hydrogens (tertiary/aromatic N) is 2. The van der Waals surface area contributed by atoms with Crippen molar-refractivity contribution in [3.8, 4) is 5.75 Å². The second-order valence-corrected chi connectivity index (χ2v) is 6.48. The SMILES string of the molecule is COc1ccc(NC(=O)c2ccc3[nH]c4nc5ccccc5nc4c3c2)cc1. The molecule has 3 aromatic carbocycles. The van der Waals surface area contributed by atoms with Crippen molar-refractivity contribution < 1.29 is 9.53 Å². The van der Waals surface area contributed by atoms with Crippen LogP contribution in [0.3, 0.4) is 0 Å². The Balaban J connectivity index is 1.54. The van der Waals surface area contributed by atoms with Gasteiger partial charge in [0.1, 0.15) is 11.3 Å². The average molecular weight is 368 g/mol. The van der Waals surface area contributed by atoms with Crippen molar-refractivity contribution >= 4 is 44.7 Å². The molecule has 0 atom stereocenters. The maximum Gasteiger partial charge on any atom is 0.255 e. The number of para-hydroxylation sites is 2. The Bertz CT molecular complexity index is 1340. The average Bonchev–Trinajstić information content (AvgIpc) is 3.09. The molecular weight excluding hydrogens is 352 g/mol. The second kappa shape index (κ2) is 6.35. The monoisotopic (exact) mass is 368 g/mol. The first-order chi connectivity index (χ1) is 13.7. The Labute approximate surface area is 160 Å². The summed E-state index contributed by atoms with van der Waals surface area (Å²) in [5.74, 6) is 0.555. The molecule has 5 aromatic rings. The first kappa shape index (κ1) is 16.3. The molecule has 0 radical (unpaired) electrons. The number of benzene rings is 3. The molecule has 0 saturated heterocycles. The van der Waals surface area contributed by atoms with E-state index < -0.39 is 0 Å². The fourth-order valence-corrected chi connectivity index (χ4v) is 3.27. The van der Waals surface area contributed by atoms with Crippen molar-refractivity contribution in [3.63, 3.8) is 0 Å². The van der Waals surface area contributed by atoms with E-state index in [1.54, 1.807) is 37.4 Å². The van der Waals surface area contributed by atoms with Gasteiger partial charge in [-0.25, -0.2) is 9.97 Å². The molecule has 5 rings (SSSR count). The summed E-state index contributed by atoms with van der Waals surface area (Å²) in [6.45, 7) is 0. The molecule has 0 saturated carbocycles. The topological polar surface area (TPSA) is 79.9 Å². The number of nitrogens with one attached hydrogen (secondary N) is 2. The molecule has 28 heavy (non-hydrogen) atoms. The Morgan fingerprint density at radius 2 is 1.71 bits per heavy atom. The van der Waals surface area contributed by atoms with Gasteiger partial charge in [-0.2, -0.15) is 0 Å². The predicted octanol–water partition coefficient (Wildman–Crippen LogP) is 4.53. The van der Waals surface area contributed by atoms with Crippen molar-refractivity contribution in [2.75, 3.05) is 12.4 Å². The zero-order chi connectivity index (χ0) is 19.1. The summed E-state index contributed by atoms with van der Waals surface area (Å²) >= 11 is 0. The van der Waals surface area contributed by atoms with E-state index in [-0.39, 0.29) is 5.91 Å². The quantitative estimate of drug-likeness (QED) is 0.490. The summed E-state index contributed by atoms with van der Waals surface area (Å²) < 4.78 is 5.14. The number of aromatic nitrogens is 3. The van der Waals surface area contributed by atoms with Crippen LogP contribution < -0.4 is 10.1 Å². The molecule has 2 aromatic heterocycles. The van der Waals surface area contributed by atoms with E-state index in [1.807, 2.05) is 36.4 Å². The molecule has 2 N–H and O–H groups in total. The molecule has 136 valence electrons. The van der Waals surface area contributed by atoms with Gasteiger partial charge in [0.25, 0.3) is 5.91 Å². The number of aromatic amines is 1. The normalized spacial score (nSPS) is 11.2. The summed E-state index contributed by atoms with van der Waals surface area (Å²) in [5, 5.41) is 3.77. The number of carbonyl (C=O) groups is 1. The van der Waals surface area contributed by atoms with Gasteiger partial charge in [0.15, 0.2) is 5.65 Å². The summed E-state index contributed by atoms with van der Waals surface area (Å²) in [6.07, 6.45) is 0. The Kier molecular flexibility index (Phi) is 3.69. The van der Waals surface area contributed by atoms with Gasteiger partial charge in [-0.05, 0) is 54.6 Å². The van der Waals surface area contributed by atoms with E-state index in [1.165, 1.54) is 0 Å². The standard InChI is InChI=1S/C22H16N4O2/c1-28-15-9-7-14(8-10-15)23-22(27)13-6-11-17-16(12-13)20-21(25-17)26-19-5-3-2-4-18(19)24-20/h2-12H,1H3,(H,23,27)(H,25,26). The predicted molar refractivity (Wildman–Crippen MR) is 110 cm³/mol. The summed E-state index contributed by atoms with van der Waals surface area (Å²) in [4.78, 5) is 25.3. The van der Waals surface area contributed by atoms with Crippen LogP contribution in [0.4, 0.5) is 5.69 Å². The lowest BCUT2D eigenvalue weighted by Gasteiger charge is -2.06. The van der Waals surface area contributed by atoms with Crippen molar-refractivity contribution in [2.45, 2.75) is 0 Å². The summed E-state index contributed by atoms with van der Waals surface area (Å²) in [7, 11) is 1.61. The second-order valence-electron chi connectivity index (χ2n) is 6.48. The summed E-state index contributed by atoms with van der Waals surface area (Å²) in [6, 6.07) is 20.5. The van der Waals surface area contributed by atoms with E-state index in [0.29, 0.717) is 16.9 Å². The Hall–Kier alpha value is -3.93. The first-order valence-corrected chi connectivity index (χ1v) is 8.85. The number of rotatable bonds is 3. The third kappa shape index (κ3) is 2.72. The number of amides is 1. The number of fused-ring (bicyclic) bond motifs is 4. The fourth-order valence-electron chi connectivity index (χ4n) is 3.27. The van der Waals surface area contributed by atoms with Crippen molar-refractivity contribution in [1.29, 1.82) is 0 Å². The van der Waals surface area contributed by atoms with Crippen LogP contribution in [0.25, 0.3) is 33.1 Å². The smallest absolute Gasteiger partial charge is 0.255 e. The molecule has 0 unspecified atom stereocenters. The van der Waals surface area contributed by atoms with E-state index >= 15 is 0 Å². The number of carbonyl (C=O) groups excluding carboxylic acids is 1. The molecule has 0 bridgehead atoms. The van der Waals surface area contributed by atoms with Crippen molar-refractivity contribution in [3.05, 3.63) is 72.3 Å². The fraction of sp³-hybridized carbons (Fsp3) is 0.0455. The molecule has 1 amide bonds. The van der Waals surface area contributed by atoms with Gasteiger partial charge >= 0.3 is 0 Å². The molecule has 0 spiro atoms. The van der Waals surface area contributed by atoms with E-state index in [9.17, 15) is 4.79 Å². The number of anilines is 1. The van der Waals surface area contributed by atoms with Crippen LogP contribution in [0, 0.1) is 0 Å². The van der Waals surface area contributed by atoms with Gasteiger partial charge in [-0.15, -0.1) is 0 Å². The highest BCUT2D eigenvalue weighted by Crippen LogP contribution is 2.26. The molecule has 0 fully saturated rings. The largest absolute Gasteiger partial charge is 0.497 e. The minimum Gasteiger partial charge on any atom is -0.497 e. The van der Waals surface area contributed by atoms with Crippen LogP contribution in [0.2, 0.25) is 0 Å². The van der Waals surface area contributed by atoms with Gasteiger partial charge in [0.05, 0.1) is 18.1 Å². The van der Waals surface area contributed by atoms with Crippen LogP contribution in [0.5, 0.6) is 5.75 Å². The molecule has 6 nitrogen and oxygen atoms in total. The number of hydrogen-bond acceptors (Lipinski definition) is 4.